The van der Waals surface area contributed by atoms with E-state index in [1.807, 2.05) is 18.4 Å². The highest BCUT2D eigenvalue weighted by Gasteiger charge is 2.17. The zero-order chi connectivity index (χ0) is 17.5. The van der Waals surface area contributed by atoms with E-state index in [-0.39, 0.29) is 17.1 Å². The molecule has 0 aliphatic rings. The van der Waals surface area contributed by atoms with Crippen molar-refractivity contribution in [3.63, 3.8) is 0 Å². The minimum Gasteiger partial charge on any atom is -0.504 e. The number of carbonyl (C=O) groups excluding carboxylic acids is 2. The van der Waals surface area contributed by atoms with Gasteiger partial charge in [0.2, 0.25) is 0 Å². The molecular weight excluding hydrogens is 330 g/mol. The summed E-state index contributed by atoms with van der Waals surface area (Å²) in [6.07, 6.45) is 1.90. The van der Waals surface area contributed by atoms with E-state index in [9.17, 15) is 14.7 Å². The number of aromatic hydroxyl groups is 1. The first kappa shape index (κ1) is 17.7. The maximum absolute atomic E-state index is 12.0. The molecule has 2 aromatic carbocycles. The summed E-state index contributed by atoms with van der Waals surface area (Å²) >= 11 is 1.50. The molecule has 1 amide bonds. The molecule has 0 unspecified atom stereocenters. The van der Waals surface area contributed by atoms with Crippen molar-refractivity contribution in [3.8, 4) is 11.5 Å². The highest BCUT2D eigenvalue weighted by Crippen LogP contribution is 2.29. The number of methoxy groups -OCH3 is 1. The summed E-state index contributed by atoms with van der Waals surface area (Å²) in [5, 5.41) is 12.6. The van der Waals surface area contributed by atoms with Gasteiger partial charge in [-0.1, -0.05) is 18.2 Å². The number of rotatable bonds is 6. The third-order valence-corrected chi connectivity index (χ3v) is 3.95. The number of carbonyl (C=O) groups is 2. The van der Waals surface area contributed by atoms with Gasteiger partial charge < -0.3 is 19.9 Å². The number of ether oxygens (including phenoxy) is 2. The van der Waals surface area contributed by atoms with Crippen LogP contribution in [0.3, 0.4) is 0 Å². The van der Waals surface area contributed by atoms with Crippen LogP contribution >= 0.6 is 11.8 Å². The van der Waals surface area contributed by atoms with Crippen LogP contribution in [0.25, 0.3) is 0 Å². The van der Waals surface area contributed by atoms with E-state index in [0.717, 1.165) is 4.90 Å². The van der Waals surface area contributed by atoms with Gasteiger partial charge in [0, 0.05) is 4.90 Å². The van der Waals surface area contributed by atoms with Crippen LogP contribution in [-0.2, 0) is 9.53 Å². The zero-order valence-electron chi connectivity index (χ0n) is 13.2. The molecule has 6 nitrogen and oxygen atoms in total. The molecule has 2 rings (SSSR count). The zero-order valence-corrected chi connectivity index (χ0v) is 14.1. The number of amides is 1. The Bertz CT molecular complexity index is 748. The molecule has 0 bridgehead atoms. The lowest BCUT2D eigenvalue weighted by molar-refractivity contribution is -0.119. The van der Waals surface area contributed by atoms with Gasteiger partial charge in [0.25, 0.3) is 5.91 Å². The molecule has 2 aromatic rings. The average Bonchev–Trinajstić information content (AvgIpc) is 2.60. The summed E-state index contributed by atoms with van der Waals surface area (Å²) in [4.78, 5) is 24.8. The Kier molecular flexibility index (Phi) is 6.08. The Morgan fingerprint density at radius 2 is 1.92 bits per heavy atom. The Labute approximate surface area is 143 Å². The van der Waals surface area contributed by atoms with E-state index < -0.39 is 18.5 Å². The number of thioether (sulfide) groups is 1. The molecule has 0 aromatic heterocycles. The standard InChI is InChI=1S/C17H17NO5S/c1-22-13-8-5-6-11(16(13)20)17(21)23-10-15(19)18-12-7-3-4-9-14(12)24-2/h3-9,20H,10H2,1-2H3,(H,18,19). The fourth-order valence-electron chi connectivity index (χ4n) is 1.99. The summed E-state index contributed by atoms with van der Waals surface area (Å²) in [5.41, 5.74) is 0.585. The summed E-state index contributed by atoms with van der Waals surface area (Å²) < 4.78 is 9.87. The molecule has 0 heterocycles. The lowest BCUT2D eigenvalue weighted by Crippen LogP contribution is -2.21. The van der Waals surface area contributed by atoms with Crippen LogP contribution in [0.15, 0.2) is 47.4 Å². The Morgan fingerprint density at radius 3 is 2.62 bits per heavy atom. The van der Waals surface area contributed by atoms with Crippen molar-refractivity contribution in [2.24, 2.45) is 0 Å². The van der Waals surface area contributed by atoms with Crippen molar-refractivity contribution >= 4 is 29.3 Å². The number of para-hydroxylation sites is 2. The van der Waals surface area contributed by atoms with Gasteiger partial charge >= 0.3 is 5.97 Å². The second kappa shape index (κ2) is 8.26. The van der Waals surface area contributed by atoms with Crippen molar-refractivity contribution < 1.29 is 24.2 Å². The van der Waals surface area contributed by atoms with Crippen LogP contribution < -0.4 is 10.1 Å². The number of phenolic OH excluding ortho intramolecular Hbond substituents is 1. The molecule has 2 N–H and O–H groups in total. The molecule has 24 heavy (non-hydrogen) atoms. The molecule has 0 aliphatic carbocycles. The van der Waals surface area contributed by atoms with Gasteiger partial charge in [-0.3, -0.25) is 4.79 Å². The maximum Gasteiger partial charge on any atom is 0.342 e. The third-order valence-electron chi connectivity index (χ3n) is 3.15. The van der Waals surface area contributed by atoms with E-state index in [1.165, 1.54) is 31.0 Å². The minimum atomic E-state index is -0.806. The topological polar surface area (TPSA) is 84.9 Å². The smallest absolute Gasteiger partial charge is 0.342 e. The van der Waals surface area contributed by atoms with E-state index in [4.69, 9.17) is 9.47 Å². The van der Waals surface area contributed by atoms with Crippen LogP contribution in [-0.4, -0.2) is 37.0 Å². The van der Waals surface area contributed by atoms with Crippen LogP contribution in [0.2, 0.25) is 0 Å². The summed E-state index contributed by atoms with van der Waals surface area (Å²) in [6, 6.07) is 11.8. The van der Waals surface area contributed by atoms with Crippen LogP contribution in [0.5, 0.6) is 11.5 Å². The number of nitrogens with one attached hydrogen (secondary N) is 1. The highest BCUT2D eigenvalue weighted by molar-refractivity contribution is 7.98. The number of phenols is 1. The fraction of sp³-hybridized carbons (Fsp3) is 0.176. The first-order valence-corrected chi connectivity index (χ1v) is 8.25. The number of hydrogen-bond acceptors (Lipinski definition) is 6. The average molecular weight is 347 g/mol. The monoisotopic (exact) mass is 347 g/mol. The minimum absolute atomic E-state index is 0.0633. The number of benzene rings is 2. The van der Waals surface area contributed by atoms with Gasteiger partial charge in [-0.15, -0.1) is 11.8 Å². The molecule has 0 fully saturated rings. The molecular formula is C17H17NO5S. The summed E-state index contributed by atoms with van der Waals surface area (Å²) in [7, 11) is 1.38. The largest absolute Gasteiger partial charge is 0.504 e. The number of anilines is 1. The third kappa shape index (κ3) is 4.20. The van der Waals surface area contributed by atoms with Gasteiger partial charge in [0.15, 0.2) is 18.1 Å². The van der Waals surface area contributed by atoms with Crippen molar-refractivity contribution in [3.05, 3.63) is 48.0 Å². The van der Waals surface area contributed by atoms with Gasteiger partial charge in [0.05, 0.1) is 12.8 Å². The van der Waals surface area contributed by atoms with Crippen LogP contribution in [0, 0.1) is 0 Å². The molecule has 0 saturated carbocycles. The van der Waals surface area contributed by atoms with Crippen molar-refractivity contribution in [2.45, 2.75) is 4.90 Å². The van der Waals surface area contributed by atoms with E-state index >= 15 is 0 Å². The van der Waals surface area contributed by atoms with Crippen molar-refractivity contribution in [2.75, 3.05) is 25.3 Å². The predicted octanol–water partition coefficient (Wildman–Crippen LogP) is 2.92. The number of esters is 1. The molecule has 0 aliphatic heterocycles. The van der Waals surface area contributed by atoms with Crippen molar-refractivity contribution in [1.29, 1.82) is 0 Å². The lowest BCUT2D eigenvalue weighted by Gasteiger charge is -2.11. The number of hydrogen-bond donors (Lipinski definition) is 2. The summed E-state index contributed by atoms with van der Waals surface area (Å²) in [5.74, 6) is -1.44. The molecule has 0 saturated heterocycles. The first-order chi connectivity index (χ1) is 11.6. The molecule has 0 radical (unpaired) electrons. The fourth-order valence-corrected chi connectivity index (χ4v) is 2.55. The quantitative estimate of drug-likeness (QED) is 0.617. The van der Waals surface area contributed by atoms with Crippen LogP contribution in [0.1, 0.15) is 10.4 Å². The van der Waals surface area contributed by atoms with E-state index in [1.54, 1.807) is 18.2 Å². The second-order valence-electron chi connectivity index (χ2n) is 4.68. The highest BCUT2D eigenvalue weighted by atomic mass is 32.2. The first-order valence-electron chi connectivity index (χ1n) is 7.02. The maximum atomic E-state index is 12.0. The van der Waals surface area contributed by atoms with Gasteiger partial charge in [-0.2, -0.15) is 0 Å². The van der Waals surface area contributed by atoms with Gasteiger partial charge in [-0.05, 0) is 30.5 Å². The summed E-state index contributed by atoms with van der Waals surface area (Å²) in [6.45, 7) is -0.460. The van der Waals surface area contributed by atoms with Gasteiger partial charge in [-0.25, -0.2) is 4.79 Å². The molecule has 0 atom stereocenters. The van der Waals surface area contributed by atoms with Gasteiger partial charge in [0.1, 0.15) is 5.56 Å². The molecule has 7 heteroatoms. The molecule has 126 valence electrons. The Balaban J connectivity index is 1.98. The lowest BCUT2D eigenvalue weighted by atomic mass is 10.2. The predicted molar refractivity (Wildman–Crippen MR) is 91.8 cm³/mol. The Hall–Kier alpha value is -2.67. The SMILES string of the molecule is COc1cccc(C(=O)OCC(=O)Nc2ccccc2SC)c1O. The van der Waals surface area contributed by atoms with Crippen LogP contribution in [0.4, 0.5) is 5.69 Å². The Morgan fingerprint density at radius 1 is 1.17 bits per heavy atom. The molecule has 0 spiro atoms. The van der Waals surface area contributed by atoms with E-state index in [0.29, 0.717) is 5.69 Å². The van der Waals surface area contributed by atoms with E-state index in [2.05, 4.69) is 5.32 Å². The van der Waals surface area contributed by atoms with Crippen molar-refractivity contribution in [1.82, 2.24) is 0 Å². The second-order valence-corrected chi connectivity index (χ2v) is 5.53. The normalized spacial score (nSPS) is 10.1.